The van der Waals surface area contributed by atoms with Gasteiger partial charge in [0.15, 0.2) is 0 Å². The molecule has 6 nitrogen and oxygen atoms in total. The largest absolute Gasteiger partial charge is 0.379 e. The van der Waals surface area contributed by atoms with Gasteiger partial charge in [-0.25, -0.2) is 0 Å². The lowest BCUT2D eigenvalue weighted by Gasteiger charge is -2.35. The lowest BCUT2D eigenvalue weighted by molar-refractivity contribution is -0.133. The first kappa shape index (κ1) is 23.9. The van der Waals surface area contributed by atoms with Crippen LogP contribution in [0, 0.1) is 29.1 Å². The molecular formula is C29H32BrN3O3. The quantitative estimate of drug-likeness (QED) is 0.502. The molecule has 5 atom stereocenters. The number of amides is 2. The van der Waals surface area contributed by atoms with E-state index in [0.29, 0.717) is 19.8 Å². The van der Waals surface area contributed by atoms with E-state index in [9.17, 15) is 9.59 Å². The van der Waals surface area contributed by atoms with Gasteiger partial charge in [-0.15, -0.1) is 0 Å². The minimum atomic E-state index is -0.343. The fourth-order valence-electron chi connectivity index (χ4n) is 6.81. The number of hydrogen-bond donors (Lipinski definition) is 2. The Kier molecular flexibility index (Phi) is 6.48. The number of nitrogens with zero attached hydrogens (tertiary/aromatic N) is 1. The Morgan fingerprint density at radius 2 is 1.58 bits per heavy atom. The molecule has 1 saturated heterocycles. The van der Waals surface area contributed by atoms with Crippen LogP contribution in [0.4, 0.5) is 5.69 Å². The Labute approximate surface area is 220 Å². The van der Waals surface area contributed by atoms with Crippen LogP contribution in [0.5, 0.6) is 0 Å². The standard InChI is InChI=1S/C29H32BrN3O3/c30-20-6-8-21(9-7-20)32-28(35)26-23-11-10-22(29(23)12-13-29)25(26)27(34)31-18-24(19-4-2-1-3-5-19)33-14-16-36-17-15-33/h1-11,22-26H,12-18H2,(H,31,34)(H,32,35)/t22-,23+,24?,25-,26-/m1/s1. The highest BCUT2D eigenvalue weighted by Gasteiger charge is 2.69. The van der Waals surface area contributed by atoms with E-state index in [2.05, 4.69) is 55.7 Å². The van der Waals surface area contributed by atoms with Crippen LogP contribution in [0.15, 0.2) is 71.2 Å². The average Bonchev–Trinajstić information content (AvgIpc) is 3.58. The predicted octanol–water partition coefficient (Wildman–Crippen LogP) is 4.41. The summed E-state index contributed by atoms with van der Waals surface area (Å²) in [6.45, 7) is 3.61. The molecule has 3 fully saturated rings. The third kappa shape index (κ3) is 4.31. The molecule has 2 amide bonds. The van der Waals surface area contributed by atoms with E-state index >= 15 is 0 Å². The summed E-state index contributed by atoms with van der Waals surface area (Å²) >= 11 is 3.45. The number of carbonyl (C=O) groups excluding carboxylic acids is 2. The number of anilines is 1. The predicted molar refractivity (Wildman–Crippen MR) is 142 cm³/mol. The van der Waals surface area contributed by atoms with Gasteiger partial charge in [-0.2, -0.15) is 0 Å². The molecule has 188 valence electrons. The van der Waals surface area contributed by atoms with Gasteiger partial charge in [0.2, 0.25) is 11.8 Å². The number of morpholine rings is 1. The second-order valence-corrected chi connectivity index (χ2v) is 11.5. The van der Waals surface area contributed by atoms with E-state index < -0.39 is 0 Å². The number of rotatable bonds is 7. The molecular weight excluding hydrogens is 518 g/mol. The molecule has 2 saturated carbocycles. The fourth-order valence-corrected chi connectivity index (χ4v) is 7.07. The monoisotopic (exact) mass is 549 g/mol. The first-order valence-corrected chi connectivity index (χ1v) is 13.8. The molecule has 0 aromatic heterocycles. The minimum Gasteiger partial charge on any atom is -0.379 e. The Hall–Kier alpha value is -2.48. The Morgan fingerprint density at radius 3 is 2.22 bits per heavy atom. The Morgan fingerprint density at radius 1 is 0.944 bits per heavy atom. The molecule has 1 spiro atoms. The van der Waals surface area contributed by atoms with Crippen molar-refractivity contribution in [2.75, 3.05) is 38.2 Å². The number of allylic oxidation sites excluding steroid dienone is 2. The van der Waals surface area contributed by atoms with Crippen LogP contribution < -0.4 is 10.6 Å². The van der Waals surface area contributed by atoms with Gasteiger partial charge in [0.1, 0.15) is 0 Å². The average molecular weight is 550 g/mol. The molecule has 4 aliphatic rings. The van der Waals surface area contributed by atoms with Crippen molar-refractivity contribution in [1.82, 2.24) is 10.2 Å². The normalized spacial score (nSPS) is 28.7. The van der Waals surface area contributed by atoms with Crippen molar-refractivity contribution in [3.8, 4) is 0 Å². The summed E-state index contributed by atoms with van der Waals surface area (Å²) in [5.41, 5.74) is 2.05. The summed E-state index contributed by atoms with van der Waals surface area (Å²) in [7, 11) is 0. The molecule has 2 aromatic carbocycles. The zero-order valence-corrected chi connectivity index (χ0v) is 21.8. The van der Waals surface area contributed by atoms with E-state index in [1.54, 1.807) is 0 Å². The Balaban J connectivity index is 1.20. The van der Waals surface area contributed by atoms with E-state index in [4.69, 9.17) is 4.74 Å². The lowest BCUT2D eigenvalue weighted by Crippen LogP contribution is -2.47. The maximum Gasteiger partial charge on any atom is 0.228 e. The van der Waals surface area contributed by atoms with Gasteiger partial charge in [0.05, 0.1) is 31.1 Å². The first-order valence-electron chi connectivity index (χ1n) is 13.0. The van der Waals surface area contributed by atoms with Crippen molar-refractivity contribution in [3.63, 3.8) is 0 Å². The molecule has 1 heterocycles. The van der Waals surface area contributed by atoms with Crippen LogP contribution in [0.1, 0.15) is 24.4 Å². The third-order valence-electron chi connectivity index (χ3n) is 8.70. The molecule has 3 aliphatic carbocycles. The van der Waals surface area contributed by atoms with Gasteiger partial charge in [-0.1, -0.05) is 58.4 Å². The first-order chi connectivity index (χ1) is 17.6. The summed E-state index contributed by atoms with van der Waals surface area (Å²) < 4.78 is 6.53. The van der Waals surface area contributed by atoms with Crippen molar-refractivity contribution in [2.24, 2.45) is 29.1 Å². The molecule has 2 bridgehead atoms. The van der Waals surface area contributed by atoms with Crippen LogP contribution in [0.3, 0.4) is 0 Å². The Bertz CT molecular complexity index is 1140. The molecule has 36 heavy (non-hydrogen) atoms. The fraction of sp³-hybridized carbons (Fsp3) is 0.448. The third-order valence-corrected chi connectivity index (χ3v) is 9.23. The highest BCUT2D eigenvalue weighted by atomic mass is 79.9. The number of benzene rings is 2. The number of carbonyl (C=O) groups is 2. The minimum absolute atomic E-state index is 0.00303. The van der Waals surface area contributed by atoms with Crippen LogP contribution >= 0.6 is 15.9 Å². The summed E-state index contributed by atoms with van der Waals surface area (Å²) in [6, 6.07) is 18.0. The zero-order chi connectivity index (χ0) is 24.7. The van der Waals surface area contributed by atoms with Crippen molar-refractivity contribution in [3.05, 3.63) is 76.8 Å². The summed E-state index contributed by atoms with van der Waals surface area (Å²) in [5, 5.41) is 6.38. The number of hydrogen-bond acceptors (Lipinski definition) is 4. The molecule has 7 heteroatoms. The van der Waals surface area contributed by atoms with Crippen molar-refractivity contribution >= 4 is 33.4 Å². The topological polar surface area (TPSA) is 70.7 Å². The lowest BCUT2D eigenvalue weighted by atomic mass is 9.81. The highest BCUT2D eigenvalue weighted by molar-refractivity contribution is 9.10. The van der Waals surface area contributed by atoms with Crippen LogP contribution in [-0.4, -0.2) is 49.6 Å². The summed E-state index contributed by atoms with van der Waals surface area (Å²) in [6.07, 6.45) is 6.61. The van der Waals surface area contributed by atoms with Crippen molar-refractivity contribution < 1.29 is 14.3 Å². The zero-order valence-electron chi connectivity index (χ0n) is 20.2. The van der Waals surface area contributed by atoms with Crippen LogP contribution in [0.25, 0.3) is 0 Å². The second kappa shape index (κ2) is 9.77. The van der Waals surface area contributed by atoms with E-state index in [1.165, 1.54) is 5.56 Å². The van der Waals surface area contributed by atoms with Gasteiger partial charge < -0.3 is 15.4 Å². The van der Waals surface area contributed by atoms with Crippen molar-refractivity contribution in [1.29, 1.82) is 0 Å². The molecule has 1 unspecified atom stereocenters. The highest BCUT2D eigenvalue weighted by Crippen LogP contribution is 2.72. The molecule has 6 rings (SSSR count). The molecule has 2 N–H and O–H groups in total. The van der Waals surface area contributed by atoms with Gasteiger partial charge in [0, 0.05) is 29.8 Å². The smallest absolute Gasteiger partial charge is 0.228 e. The molecule has 0 radical (unpaired) electrons. The van der Waals surface area contributed by atoms with Crippen LogP contribution in [-0.2, 0) is 14.3 Å². The number of halogens is 1. The number of ether oxygens (including phenoxy) is 1. The van der Waals surface area contributed by atoms with Crippen molar-refractivity contribution in [2.45, 2.75) is 18.9 Å². The van der Waals surface area contributed by atoms with Crippen LogP contribution in [0.2, 0.25) is 0 Å². The second-order valence-electron chi connectivity index (χ2n) is 10.5. The maximum atomic E-state index is 13.8. The van der Waals surface area contributed by atoms with Gasteiger partial charge >= 0.3 is 0 Å². The van der Waals surface area contributed by atoms with E-state index in [0.717, 1.165) is 36.1 Å². The maximum absolute atomic E-state index is 13.8. The van der Waals surface area contributed by atoms with Gasteiger partial charge in [-0.05, 0) is 59.9 Å². The van der Waals surface area contributed by atoms with E-state index in [1.807, 2.05) is 42.5 Å². The summed E-state index contributed by atoms with van der Waals surface area (Å²) in [5.74, 6) is -0.444. The molecule has 2 aromatic rings. The van der Waals surface area contributed by atoms with Gasteiger partial charge in [-0.3, -0.25) is 14.5 Å². The SMILES string of the molecule is O=C(NCC(c1ccccc1)N1CCOCC1)[C@H]1[C@H](C(=O)Nc2ccc(Br)cc2)[C@@H]2C=C[C@H]1C21CC1. The molecule has 1 aliphatic heterocycles. The van der Waals surface area contributed by atoms with E-state index in [-0.39, 0.29) is 46.9 Å². The number of nitrogens with one attached hydrogen (secondary N) is 2. The summed E-state index contributed by atoms with van der Waals surface area (Å²) in [4.78, 5) is 29.8. The van der Waals surface area contributed by atoms with Gasteiger partial charge in [0.25, 0.3) is 0 Å².